The van der Waals surface area contributed by atoms with Gasteiger partial charge in [-0.25, -0.2) is 4.98 Å². The molecule has 0 bridgehead atoms. The summed E-state index contributed by atoms with van der Waals surface area (Å²) >= 11 is 4.53. The van der Waals surface area contributed by atoms with Crippen molar-refractivity contribution < 1.29 is 5.11 Å². The number of nitrogens with zero attached hydrogens (tertiary/aromatic N) is 4. The Bertz CT molecular complexity index is 895. The van der Waals surface area contributed by atoms with Gasteiger partial charge in [0.15, 0.2) is 0 Å². The van der Waals surface area contributed by atoms with Crippen LogP contribution in [0.4, 0.5) is 0 Å². The third-order valence-electron chi connectivity index (χ3n) is 5.41. The highest BCUT2D eigenvalue weighted by atomic mass is 32.1. The molecule has 26 heavy (non-hydrogen) atoms. The van der Waals surface area contributed by atoms with Gasteiger partial charge in [-0.1, -0.05) is 12.8 Å². The summed E-state index contributed by atoms with van der Waals surface area (Å²) < 4.78 is 3.60. The summed E-state index contributed by atoms with van der Waals surface area (Å²) in [4.78, 5) is 4.69. The Kier molecular flexibility index (Phi) is 5.02. The molecular weight excluding hydrogens is 346 g/mol. The third-order valence-corrected chi connectivity index (χ3v) is 5.71. The Hall–Kier alpha value is -1.83. The molecule has 3 aromatic heterocycles. The van der Waals surface area contributed by atoms with Gasteiger partial charge in [-0.2, -0.15) is 5.10 Å². The number of aryl methyl sites for hydroxylation is 1. The van der Waals surface area contributed by atoms with E-state index in [1.807, 2.05) is 36.5 Å². The van der Waals surface area contributed by atoms with E-state index in [2.05, 4.69) is 34.3 Å². The Labute approximate surface area is 158 Å². The summed E-state index contributed by atoms with van der Waals surface area (Å²) in [6, 6.07) is 2.81. The van der Waals surface area contributed by atoms with E-state index < -0.39 is 0 Å². The topological polar surface area (TPSA) is 67.9 Å². The van der Waals surface area contributed by atoms with Crippen LogP contribution in [-0.4, -0.2) is 43.0 Å². The third kappa shape index (κ3) is 3.39. The highest BCUT2D eigenvalue weighted by molar-refractivity contribution is 7.78. The predicted molar refractivity (Wildman–Crippen MR) is 106 cm³/mol. The first-order valence-corrected chi connectivity index (χ1v) is 9.59. The van der Waals surface area contributed by atoms with Crippen molar-refractivity contribution in [2.24, 2.45) is 7.05 Å². The molecule has 1 fully saturated rings. The van der Waals surface area contributed by atoms with Crippen LogP contribution < -0.4 is 5.32 Å². The fraction of sp³-hybridized carbons (Fsp3) is 0.474. The van der Waals surface area contributed by atoms with Gasteiger partial charge >= 0.3 is 0 Å². The van der Waals surface area contributed by atoms with Crippen molar-refractivity contribution in [1.82, 2.24) is 24.1 Å². The average molecular weight is 372 g/mol. The number of nitrogens with one attached hydrogen (secondary N) is 1. The molecule has 138 valence electrons. The Morgan fingerprint density at radius 1 is 1.23 bits per heavy atom. The van der Waals surface area contributed by atoms with Gasteiger partial charge in [0.05, 0.1) is 12.8 Å². The van der Waals surface area contributed by atoms with Gasteiger partial charge in [-0.3, -0.25) is 8.65 Å². The van der Waals surface area contributed by atoms with E-state index in [1.165, 1.54) is 5.56 Å². The second kappa shape index (κ2) is 7.42. The van der Waals surface area contributed by atoms with E-state index in [9.17, 15) is 0 Å². The van der Waals surface area contributed by atoms with Gasteiger partial charge in [0.1, 0.15) is 5.65 Å². The summed E-state index contributed by atoms with van der Waals surface area (Å²) in [6.07, 6.45) is 12.5. The number of pyridine rings is 1. The number of aliphatic hydroxyl groups excluding tert-OH is 1. The SMILES string of the molecule is Cn1cc(-c2cn(S)c3ncc([C@H]4CC[C@H](NCCO)CC4)cc23)cn1. The Morgan fingerprint density at radius 3 is 2.73 bits per heavy atom. The molecule has 3 heterocycles. The van der Waals surface area contributed by atoms with Crippen molar-refractivity contribution in [2.75, 3.05) is 13.2 Å². The lowest BCUT2D eigenvalue weighted by molar-refractivity contribution is 0.267. The van der Waals surface area contributed by atoms with E-state index in [1.54, 1.807) is 3.97 Å². The molecule has 7 heteroatoms. The molecule has 0 unspecified atom stereocenters. The van der Waals surface area contributed by atoms with E-state index in [0.29, 0.717) is 18.5 Å². The molecule has 0 aliphatic heterocycles. The van der Waals surface area contributed by atoms with Crippen molar-refractivity contribution >= 4 is 23.8 Å². The van der Waals surface area contributed by atoms with Crippen LogP contribution in [0.15, 0.2) is 30.9 Å². The lowest BCUT2D eigenvalue weighted by Gasteiger charge is -2.29. The van der Waals surface area contributed by atoms with E-state index in [0.717, 1.165) is 47.8 Å². The Morgan fingerprint density at radius 2 is 2.04 bits per heavy atom. The maximum Gasteiger partial charge on any atom is 0.150 e. The van der Waals surface area contributed by atoms with Crippen molar-refractivity contribution in [1.29, 1.82) is 0 Å². The van der Waals surface area contributed by atoms with E-state index in [4.69, 9.17) is 5.11 Å². The average Bonchev–Trinajstić information content (AvgIpc) is 3.23. The number of rotatable bonds is 5. The highest BCUT2D eigenvalue weighted by Crippen LogP contribution is 2.36. The standard InChI is InChI=1S/C19H25N5OS/c1-23-11-15(10-22-23)18-12-24(26)19-17(18)8-14(9-21-19)13-2-4-16(5-3-13)20-6-7-25/h8-13,16,20,25-26H,2-7H2,1H3/t13-,16-. The first kappa shape index (κ1) is 17.6. The molecule has 0 atom stereocenters. The van der Waals surface area contributed by atoms with Crippen molar-refractivity contribution in [3.63, 3.8) is 0 Å². The van der Waals surface area contributed by atoms with Crippen LogP contribution in [0, 0.1) is 0 Å². The molecule has 1 aliphatic rings. The largest absolute Gasteiger partial charge is 0.395 e. The van der Waals surface area contributed by atoms with Gasteiger partial charge in [0.25, 0.3) is 0 Å². The summed E-state index contributed by atoms with van der Waals surface area (Å²) in [5.74, 6) is 0.545. The summed E-state index contributed by atoms with van der Waals surface area (Å²) in [5.41, 5.74) is 4.40. The lowest BCUT2D eigenvalue weighted by atomic mass is 9.82. The van der Waals surface area contributed by atoms with Crippen LogP contribution >= 0.6 is 12.8 Å². The maximum atomic E-state index is 8.97. The summed E-state index contributed by atoms with van der Waals surface area (Å²) in [6.45, 7) is 0.894. The van der Waals surface area contributed by atoms with E-state index in [-0.39, 0.29) is 6.61 Å². The summed E-state index contributed by atoms with van der Waals surface area (Å²) in [7, 11) is 1.93. The summed E-state index contributed by atoms with van der Waals surface area (Å²) in [5, 5.41) is 17.8. The van der Waals surface area contributed by atoms with Gasteiger partial charge < -0.3 is 10.4 Å². The molecule has 1 aliphatic carbocycles. The van der Waals surface area contributed by atoms with Crippen LogP contribution in [0.25, 0.3) is 22.2 Å². The fourth-order valence-electron chi connectivity index (χ4n) is 4.02. The number of fused-ring (bicyclic) bond motifs is 1. The molecule has 2 N–H and O–H groups in total. The fourth-order valence-corrected chi connectivity index (χ4v) is 4.30. The molecule has 4 rings (SSSR count). The van der Waals surface area contributed by atoms with Crippen LogP contribution in [0.1, 0.15) is 37.2 Å². The molecule has 0 aromatic carbocycles. The van der Waals surface area contributed by atoms with Crippen molar-refractivity contribution in [3.8, 4) is 11.1 Å². The minimum atomic E-state index is 0.207. The second-order valence-electron chi connectivity index (χ2n) is 7.16. The first-order valence-electron chi connectivity index (χ1n) is 9.19. The number of hydrogen-bond donors (Lipinski definition) is 3. The first-order chi connectivity index (χ1) is 12.7. The number of hydrogen-bond acceptors (Lipinski definition) is 5. The minimum Gasteiger partial charge on any atom is -0.395 e. The molecule has 1 saturated carbocycles. The van der Waals surface area contributed by atoms with Crippen LogP contribution in [0.3, 0.4) is 0 Å². The van der Waals surface area contributed by atoms with Crippen LogP contribution in [-0.2, 0) is 7.05 Å². The van der Waals surface area contributed by atoms with Gasteiger partial charge in [0, 0.05) is 54.7 Å². The highest BCUT2D eigenvalue weighted by Gasteiger charge is 2.23. The lowest BCUT2D eigenvalue weighted by Crippen LogP contribution is -2.34. The maximum absolute atomic E-state index is 8.97. The molecule has 0 saturated heterocycles. The quantitative estimate of drug-likeness (QED) is 0.603. The van der Waals surface area contributed by atoms with Gasteiger partial charge in [0.2, 0.25) is 0 Å². The van der Waals surface area contributed by atoms with Crippen LogP contribution in [0.5, 0.6) is 0 Å². The van der Waals surface area contributed by atoms with E-state index >= 15 is 0 Å². The zero-order chi connectivity index (χ0) is 18.1. The normalized spacial score (nSPS) is 20.7. The smallest absolute Gasteiger partial charge is 0.150 e. The molecule has 0 amide bonds. The van der Waals surface area contributed by atoms with Crippen molar-refractivity contribution in [2.45, 2.75) is 37.6 Å². The number of aromatic nitrogens is 4. The minimum absolute atomic E-state index is 0.207. The number of aliphatic hydroxyl groups is 1. The zero-order valence-corrected chi connectivity index (χ0v) is 15.9. The second-order valence-corrected chi connectivity index (χ2v) is 7.59. The zero-order valence-electron chi connectivity index (χ0n) is 15.0. The number of thiol groups is 1. The molecule has 0 radical (unpaired) electrons. The van der Waals surface area contributed by atoms with Gasteiger partial charge in [-0.15, -0.1) is 0 Å². The predicted octanol–water partition coefficient (Wildman–Crippen LogP) is 2.74. The molecule has 3 aromatic rings. The molecule has 6 nitrogen and oxygen atoms in total. The molecular formula is C19H25N5OS. The van der Waals surface area contributed by atoms with Crippen LogP contribution in [0.2, 0.25) is 0 Å². The van der Waals surface area contributed by atoms with Gasteiger partial charge in [-0.05, 0) is 43.2 Å². The van der Waals surface area contributed by atoms with Crippen molar-refractivity contribution in [3.05, 3.63) is 36.4 Å². The molecule has 0 spiro atoms. The Balaban J connectivity index is 1.60. The monoisotopic (exact) mass is 371 g/mol.